The van der Waals surface area contributed by atoms with E-state index in [0.717, 1.165) is 25.7 Å². The number of rotatable bonds is 8. The van der Waals surface area contributed by atoms with E-state index >= 15 is 0 Å². The number of nitrogens with two attached hydrogens (primary N) is 1. The van der Waals surface area contributed by atoms with Crippen LogP contribution in [0.25, 0.3) is 0 Å². The summed E-state index contributed by atoms with van der Waals surface area (Å²) in [7, 11) is 1.69. The van der Waals surface area contributed by atoms with Crippen molar-refractivity contribution in [1.82, 2.24) is 10.2 Å². The number of hydrogen-bond donors (Lipinski definition) is 2. The van der Waals surface area contributed by atoms with E-state index in [4.69, 9.17) is 5.73 Å². The van der Waals surface area contributed by atoms with Crippen LogP contribution in [0.3, 0.4) is 0 Å². The van der Waals surface area contributed by atoms with E-state index in [0.29, 0.717) is 19.0 Å². The molecular weight excluding hydrogens is 242 g/mol. The number of carbonyl (C=O) groups excluding carboxylic acids is 2. The molecule has 0 radical (unpaired) electrons. The first-order valence-electron chi connectivity index (χ1n) is 7.07. The van der Waals surface area contributed by atoms with Crippen molar-refractivity contribution < 1.29 is 9.59 Å². The minimum atomic E-state index is -0.0560. The van der Waals surface area contributed by atoms with E-state index in [2.05, 4.69) is 19.2 Å². The average Bonchev–Trinajstić information content (AvgIpc) is 3.09. The second-order valence-corrected chi connectivity index (χ2v) is 6.29. The first kappa shape index (κ1) is 16.0. The molecule has 1 saturated carbocycles. The van der Waals surface area contributed by atoms with Gasteiger partial charge in [-0.2, -0.15) is 0 Å². The quantitative estimate of drug-likeness (QED) is 0.687. The first-order valence-corrected chi connectivity index (χ1v) is 7.07. The number of nitrogens with one attached hydrogen (secondary N) is 1. The van der Waals surface area contributed by atoms with Crippen LogP contribution >= 0.6 is 0 Å². The summed E-state index contributed by atoms with van der Waals surface area (Å²) in [4.78, 5) is 25.0. The molecule has 1 aliphatic rings. The zero-order valence-corrected chi connectivity index (χ0v) is 12.4. The maximum atomic E-state index is 11.9. The lowest BCUT2D eigenvalue weighted by Crippen LogP contribution is -2.39. The van der Waals surface area contributed by atoms with Gasteiger partial charge in [0.25, 0.3) is 0 Å². The van der Waals surface area contributed by atoms with Crippen LogP contribution in [0.15, 0.2) is 0 Å². The summed E-state index contributed by atoms with van der Waals surface area (Å²) in [6.45, 7) is 5.04. The van der Waals surface area contributed by atoms with Gasteiger partial charge in [-0.05, 0) is 37.6 Å². The van der Waals surface area contributed by atoms with Crippen LogP contribution in [-0.2, 0) is 9.59 Å². The molecule has 110 valence electrons. The van der Waals surface area contributed by atoms with Gasteiger partial charge in [-0.15, -0.1) is 0 Å². The summed E-state index contributed by atoms with van der Waals surface area (Å²) in [6, 6.07) is 0.347. The van der Waals surface area contributed by atoms with Crippen molar-refractivity contribution in [2.24, 2.45) is 11.1 Å². The fourth-order valence-electron chi connectivity index (χ4n) is 1.96. The van der Waals surface area contributed by atoms with Crippen LogP contribution in [0.1, 0.15) is 46.0 Å². The SMILES string of the molecule is CN(CC(=O)NC1CC1)C(=O)CCC(C)(C)CCN. The largest absolute Gasteiger partial charge is 0.352 e. The molecule has 0 spiro atoms. The van der Waals surface area contributed by atoms with Crippen LogP contribution in [0, 0.1) is 5.41 Å². The molecule has 0 heterocycles. The van der Waals surface area contributed by atoms with Gasteiger partial charge < -0.3 is 16.0 Å². The van der Waals surface area contributed by atoms with E-state index in [1.165, 1.54) is 4.90 Å². The van der Waals surface area contributed by atoms with E-state index < -0.39 is 0 Å². The summed E-state index contributed by atoms with van der Waals surface area (Å²) in [5.74, 6) is -0.0318. The number of likely N-dealkylation sites (N-methyl/N-ethyl adjacent to an activating group) is 1. The van der Waals surface area contributed by atoms with Gasteiger partial charge >= 0.3 is 0 Å². The maximum absolute atomic E-state index is 11.9. The van der Waals surface area contributed by atoms with Crippen molar-refractivity contribution in [3.63, 3.8) is 0 Å². The molecule has 0 atom stereocenters. The minimum Gasteiger partial charge on any atom is -0.352 e. The van der Waals surface area contributed by atoms with Crippen LogP contribution in [0.4, 0.5) is 0 Å². The molecule has 1 fully saturated rings. The van der Waals surface area contributed by atoms with Crippen molar-refractivity contribution >= 4 is 11.8 Å². The molecule has 3 N–H and O–H groups in total. The Morgan fingerprint density at radius 3 is 2.47 bits per heavy atom. The second-order valence-electron chi connectivity index (χ2n) is 6.29. The molecule has 1 aliphatic carbocycles. The Labute approximate surface area is 115 Å². The standard InChI is InChI=1S/C14H27N3O2/c1-14(2,8-9-15)7-6-13(19)17(3)10-12(18)16-11-4-5-11/h11H,4-10,15H2,1-3H3,(H,16,18). The molecule has 19 heavy (non-hydrogen) atoms. The summed E-state index contributed by atoms with van der Waals surface area (Å²) < 4.78 is 0. The molecule has 5 nitrogen and oxygen atoms in total. The average molecular weight is 269 g/mol. The zero-order valence-electron chi connectivity index (χ0n) is 12.4. The van der Waals surface area contributed by atoms with Gasteiger partial charge in [0.15, 0.2) is 0 Å². The first-order chi connectivity index (χ1) is 8.84. The van der Waals surface area contributed by atoms with Crippen molar-refractivity contribution in [3.05, 3.63) is 0 Å². The maximum Gasteiger partial charge on any atom is 0.239 e. The molecule has 0 aromatic carbocycles. The second kappa shape index (κ2) is 6.89. The fraction of sp³-hybridized carbons (Fsp3) is 0.857. The lowest BCUT2D eigenvalue weighted by atomic mass is 9.84. The Bertz CT molecular complexity index is 325. The number of nitrogens with zero attached hydrogens (tertiary/aromatic N) is 1. The van der Waals surface area contributed by atoms with Crippen molar-refractivity contribution in [2.45, 2.75) is 52.0 Å². The van der Waals surface area contributed by atoms with Gasteiger partial charge in [-0.25, -0.2) is 0 Å². The van der Waals surface area contributed by atoms with Gasteiger partial charge in [-0.3, -0.25) is 9.59 Å². The van der Waals surface area contributed by atoms with Crippen LogP contribution in [0.5, 0.6) is 0 Å². The Morgan fingerprint density at radius 2 is 1.95 bits per heavy atom. The van der Waals surface area contributed by atoms with E-state index in [1.807, 2.05) is 0 Å². The number of amides is 2. The van der Waals surface area contributed by atoms with Crippen LogP contribution in [-0.4, -0.2) is 42.9 Å². The lowest BCUT2D eigenvalue weighted by molar-refractivity contribution is -0.135. The van der Waals surface area contributed by atoms with Gasteiger partial charge in [0.2, 0.25) is 11.8 Å². The van der Waals surface area contributed by atoms with Crippen molar-refractivity contribution in [3.8, 4) is 0 Å². The Kier molecular flexibility index (Phi) is 5.79. The topological polar surface area (TPSA) is 75.4 Å². The third kappa shape index (κ3) is 6.57. The Balaban J connectivity index is 2.25. The Morgan fingerprint density at radius 1 is 1.32 bits per heavy atom. The highest BCUT2D eigenvalue weighted by molar-refractivity contribution is 5.84. The molecule has 1 rings (SSSR count). The fourth-order valence-corrected chi connectivity index (χ4v) is 1.96. The number of carbonyl (C=O) groups is 2. The minimum absolute atomic E-state index is 0.0241. The summed E-state index contributed by atoms with van der Waals surface area (Å²) in [5.41, 5.74) is 5.64. The molecule has 0 saturated heterocycles. The molecule has 0 aliphatic heterocycles. The predicted octanol–water partition coefficient (Wildman–Crippen LogP) is 0.879. The van der Waals surface area contributed by atoms with E-state index in [9.17, 15) is 9.59 Å². The van der Waals surface area contributed by atoms with Gasteiger partial charge in [0.05, 0.1) is 6.54 Å². The molecule has 0 aromatic heterocycles. The van der Waals surface area contributed by atoms with Gasteiger partial charge in [0.1, 0.15) is 0 Å². The highest BCUT2D eigenvalue weighted by atomic mass is 16.2. The van der Waals surface area contributed by atoms with Crippen LogP contribution in [0.2, 0.25) is 0 Å². The van der Waals surface area contributed by atoms with E-state index in [1.54, 1.807) is 7.05 Å². The summed E-state index contributed by atoms with van der Waals surface area (Å²) in [6.07, 6.45) is 4.32. The molecule has 5 heteroatoms. The third-order valence-electron chi connectivity index (χ3n) is 3.59. The van der Waals surface area contributed by atoms with Gasteiger partial charge in [-0.1, -0.05) is 13.8 Å². The highest BCUT2D eigenvalue weighted by Crippen LogP contribution is 2.26. The van der Waals surface area contributed by atoms with Crippen LogP contribution < -0.4 is 11.1 Å². The summed E-state index contributed by atoms with van der Waals surface area (Å²) >= 11 is 0. The smallest absolute Gasteiger partial charge is 0.239 e. The van der Waals surface area contributed by atoms with Crippen molar-refractivity contribution in [1.29, 1.82) is 0 Å². The van der Waals surface area contributed by atoms with Crippen molar-refractivity contribution in [2.75, 3.05) is 20.1 Å². The molecule has 2 amide bonds. The van der Waals surface area contributed by atoms with E-state index in [-0.39, 0.29) is 23.8 Å². The zero-order chi connectivity index (χ0) is 14.5. The molecular formula is C14H27N3O2. The Hall–Kier alpha value is -1.10. The lowest BCUT2D eigenvalue weighted by Gasteiger charge is -2.25. The summed E-state index contributed by atoms with van der Waals surface area (Å²) in [5, 5.41) is 2.88. The normalized spacial score (nSPS) is 15.2. The molecule has 0 bridgehead atoms. The number of hydrogen-bond acceptors (Lipinski definition) is 3. The molecule has 0 unspecified atom stereocenters. The van der Waals surface area contributed by atoms with Gasteiger partial charge in [0, 0.05) is 19.5 Å². The monoisotopic (exact) mass is 269 g/mol. The predicted molar refractivity (Wildman–Crippen MR) is 75.5 cm³/mol. The highest BCUT2D eigenvalue weighted by Gasteiger charge is 2.25. The third-order valence-corrected chi connectivity index (χ3v) is 3.59. The molecule has 0 aromatic rings.